The van der Waals surface area contributed by atoms with Gasteiger partial charge in [-0.1, -0.05) is 0 Å². The van der Waals surface area contributed by atoms with Crippen molar-refractivity contribution in [2.45, 2.75) is 23.8 Å². The van der Waals surface area contributed by atoms with E-state index in [1.165, 1.54) is 28.9 Å². The van der Waals surface area contributed by atoms with Gasteiger partial charge in [-0.2, -0.15) is 4.31 Å². The number of rotatable bonds is 6. The van der Waals surface area contributed by atoms with Crippen LogP contribution in [0.3, 0.4) is 0 Å². The van der Waals surface area contributed by atoms with Crippen molar-refractivity contribution in [3.05, 3.63) is 40.9 Å². The third kappa shape index (κ3) is 5.08. The SMILES string of the molecule is O=c1[nH]c2cc(S(=O)(=O)N3CCN(c4ccc(N5CCN(CC6CCCO6)CC5)nn4)CC3)ccc2o1. The Morgan fingerprint density at radius 2 is 1.59 bits per heavy atom. The minimum atomic E-state index is -3.70. The van der Waals surface area contributed by atoms with Gasteiger partial charge in [0.25, 0.3) is 0 Å². The first-order chi connectivity index (χ1) is 18.0. The predicted octanol–water partition coefficient (Wildman–Crippen LogP) is 0.723. The average Bonchev–Trinajstić information content (AvgIpc) is 3.57. The van der Waals surface area contributed by atoms with E-state index in [9.17, 15) is 13.2 Å². The lowest BCUT2D eigenvalue weighted by Crippen LogP contribution is -2.49. The first-order valence-corrected chi connectivity index (χ1v) is 14.2. The molecule has 0 saturated carbocycles. The lowest BCUT2D eigenvalue weighted by atomic mass is 10.2. The lowest BCUT2D eigenvalue weighted by molar-refractivity contribution is 0.0712. The molecule has 2 aromatic heterocycles. The molecule has 0 amide bonds. The molecule has 37 heavy (non-hydrogen) atoms. The molecule has 6 rings (SSSR count). The van der Waals surface area contributed by atoms with Crippen molar-refractivity contribution in [3.63, 3.8) is 0 Å². The maximum Gasteiger partial charge on any atom is 0.417 e. The van der Waals surface area contributed by atoms with E-state index in [-0.39, 0.29) is 4.90 Å². The molecule has 12 nitrogen and oxygen atoms in total. The van der Waals surface area contributed by atoms with E-state index in [2.05, 4.69) is 29.9 Å². The monoisotopic (exact) mass is 529 g/mol. The molecule has 3 aliphatic rings. The van der Waals surface area contributed by atoms with Gasteiger partial charge in [0, 0.05) is 65.5 Å². The van der Waals surface area contributed by atoms with Crippen LogP contribution in [0.4, 0.5) is 11.6 Å². The highest BCUT2D eigenvalue weighted by Gasteiger charge is 2.30. The number of hydrogen-bond acceptors (Lipinski definition) is 10. The van der Waals surface area contributed by atoms with Crippen LogP contribution >= 0.6 is 0 Å². The minimum absolute atomic E-state index is 0.130. The fourth-order valence-electron chi connectivity index (χ4n) is 5.29. The quantitative estimate of drug-likeness (QED) is 0.488. The van der Waals surface area contributed by atoms with Crippen molar-refractivity contribution in [2.75, 3.05) is 75.3 Å². The van der Waals surface area contributed by atoms with E-state index in [1.54, 1.807) is 0 Å². The van der Waals surface area contributed by atoms with Gasteiger partial charge >= 0.3 is 5.76 Å². The summed E-state index contributed by atoms with van der Waals surface area (Å²) in [5.41, 5.74) is 0.695. The Kier molecular flexibility index (Phi) is 6.61. The van der Waals surface area contributed by atoms with Crippen LogP contribution in [0.25, 0.3) is 11.1 Å². The normalized spacial score (nSPS) is 22.2. The Morgan fingerprint density at radius 1 is 0.919 bits per heavy atom. The number of ether oxygens (including phenoxy) is 1. The van der Waals surface area contributed by atoms with Gasteiger partial charge in [0.1, 0.15) is 0 Å². The second-order valence-electron chi connectivity index (χ2n) is 9.74. The number of fused-ring (bicyclic) bond motifs is 1. The largest absolute Gasteiger partial charge is 0.417 e. The Balaban J connectivity index is 1.03. The van der Waals surface area contributed by atoms with Gasteiger partial charge in [0.05, 0.1) is 16.5 Å². The molecule has 3 fully saturated rings. The number of benzene rings is 1. The van der Waals surface area contributed by atoms with Crippen LogP contribution in [0.5, 0.6) is 0 Å². The summed E-state index contributed by atoms with van der Waals surface area (Å²) in [6.07, 6.45) is 2.71. The summed E-state index contributed by atoms with van der Waals surface area (Å²) >= 11 is 0. The zero-order valence-corrected chi connectivity index (χ0v) is 21.4. The molecule has 1 N–H and O–H groups in total. The van der Waals surface area contributed by atoms with Crippen LogP contribution in [0.2, 0.25) is 0 Å². The van der Waals surface area contributed by atoms with Gasteiger partial charge in [-0.05, 0) is 43.2 Å². The molecule has 3 aliphatic heterocycles. The van der Waals surface area contributed by atoms with Gasteiger partial charge in [-0.25, -0.2) is 13.2 Å². The molecule has 1 atom stereocenters. The number of hydrogen-bond donors (Lipinski definition) is 1. The van der Waals surface area contributed by atoms with E-state index < -0.39 is 15.8 Å². The molecular formula is C24H31N7O5S. The highest BCUT2D eigenvalue weighted by molar-refractivity contribution is 7.89. The topological polar surface area (TPSA) is 128 Å². The molecule has 0 spiro atoms. The molecule has 0 radical (unpaired) electrons. The standard InChI is InChI=1S/C24H31N7O5S/c32-24-25-20-16-19(3-4-21(20)36-24)37(33,34)31-13-11-30(12-14-31)23-6-5-22(26-27-23)29-9-7-28(8-10-29)17-18-2-1-15-35-18/h3-6,16,18H,1-2,7-15,17H2,(H,25,32). The summed E-state index contributed by atoms with van der Waals surface area (Å²) in [6, 6.07) is 8.37. The molecule has 1 aromatic carbocycles. The van der Waals surface area contributed by atoms with Crippen molar-refractivity contribution in [1.29, 1.82) is 0 Å². The molecule has 5 heterocycles. The number of piperazine rings is 2. The highest BCUT2D eigenvalue weighted by atomic mass is 32.2. The molecule has 3 saturated heterocycles. The van der Waals surface area contributed by atoms with Crippen LogP contribution in [0.15, 0.2) is 44.4 Å². The van der Waals surface area contributed by atoms with Crippen LogP contribution in [-0.4, -0.2) is 104 Å². The molecule has 3 aromatic rings. The van der Waals surface area contributed by atoms with E-state index >= 15 is 0 Å². The molecule has 0 bridgehead atoms. The molecule has 198 valence electrons. The van der Waals surface area contributed by atoms with Crippen LogP contribution in [0, 0.1) is 0 Å². The zero-order chi connectivity index (χ0) is 25.4. The van der Waals surface area contributed by atoms with Gasteiger partial charge in [0.15, 0.2) is 17.2 Å². The minimum Gasteiger partial charge on any atom is -0.408 e. The Labute approximate surface area is 214 Å². The summed E-state index contributed by atoms with van der Waals surface area (Å²) in [4.78, 5) is 20.8. The average molecular weight is 530 g/mol. The number of anilines is 2. The van der Waals surface area contributed by atoms with Crippen molar-refractivity contribution in [2.24, 2.45) is 0 Å². The summed E-state index contributed by atoms with van der Waals surface area (Å²) in [7, 11) is -3.70. The smallest absolute Gasteiger partial charge is 0.408 e. The Morgan fingerprint density at radius 3 is 2.22 bits per heavy atom. The molecule has 1 unspecified atom stereocenters. The number of nitrogens with one attached hydrogen (secondary N) is 1. The fraction of sp³-hybridized carbons (Fsp3) is 0.542. The first kappa shape index (κ1) is 24.3. The number of aromatic amines is 1. The van der Waals surface area contributed by atoms with E-state index in [4.69, 9.17) is 9.15 Å². The third-order valence-electron chi connectivity index (χ3n) is 7.41. The highest BCUT2D eigenvalue weighted by Crippen LogP contribution is 2.24. The first-order valence-electron chi connectivity index (χ1n) is 12.8. The number of aromatic nitrogens is 3. The van der Waals surface area contributed by atoms with E-state index in [0.717, 1.165) is 57.4 Å². The maximum absolute atomic E-state index is 13.2. The van der Waals surface area contributed by atoms with Gasteiger partial charge < -0.3 is 19.0 Å². The number of sulfonamides is 1. The van der Waals surface area contributed by atoms with Crippen molar-refractivity contribution < 1.29 is 17.6 Å². The number of nitrogens with zero attached hydrogens (tertiary/aromatic N) is 6. The number of oxazole rings is 1. The van der Waals surface area contributed by atoms with Gasteiger partial charge in [0.2, 0.25) is 10.0 Å². The van der Waals surface area contributed by atoms with Crippen molar-refractivity contribution in [3.8, 4) is 0 Å². The second kappa shape index (κ2) is 10.0. The summed E-state index contributed by atoms with van der Waals surface area (Å²) in [5, 5.41) is 8.92. The second-order valence-corrected chi connectivity index (χ2v) is 11.7. The van der Waals surface area contributed by atoms with Crippen LogP contribution < -0.4 is 15.6 Å². The van der Waals surface area contributed by atoms with Crippen LogP contribution in [0.1, 0.15) is 12.8 Å². The van der Waals surface area contributed by atoms with E-state index in [1.807, 2.05) is 12.1 Å². The predicted molar refractivity (Wildman–Crippen MR) is 137 cm³/mol. The van der Waals surface area contributed by atoms with Crippen molar-refractivity contribution in [1.82, 2.24) is 24.4 Å². The summed E-state index contributed by atoms with van der Waals surface area (Å²) in [6.45, 7) is 7.40. The van der Waals surface area contributed by atoms with Crippen LogP contribution in [-0.2, 0) is 14.8 Å². The van der Waals surface area contributed by atoms with Gasteiger partial charge in [-0.15, -0.1) is 10.2 Å². The Hall–Kier alpha value is -3.00. The zero-order valence-electron chi connectivity index (χ0n) is 20.6. The Bertz CT molecular complexity index is 1380. The van der Waals surface area contributed by atoms with E-state index in [0.29, 0.717) is 43.4 Å². The van der Waals surface area contributed by atoms with Crippen molar-refractivity contribution >= 4 is 32.8 Å². The van der Waals surface area contributed by atoms with Gasteiger partial charge in [-0.3, -0.25) is 9.88 Å². The molecule has 13 heteroatoms. The summed E-state index contributed by atoms with van der Waals surface area (Å²) < 4.78 is 38.5. The fourth-order valence-corrected chi connectivity index (χ4v) is 6.74. The maximum atomic E-state index is 13.2. The third-order valence-corrected chi connectivity index (χ3v) is 9.30. The number of H-pyrrole nitrogens is 1. The summed E-state index contributed by atoms with van der Waals surface area (Å²) in [5.74, 6) is 1.01. The molecule has 0 aliphatic carbocycles. The molecular weight excluding hydrogens is 498 g/mol. The lowest BCUT2D eigenvalue weighted by Gasteiger charge is -2.36.